The molecule has 0 aromatic rings. The smallest absolute Gasteiger partial charge is 0.302 e. The summed E-state index contributed by atoms with van der Waals surface area (Å²) in [6, 6.07) is 0. The van der Waals surface area contributed by atoms with Crippen molar-refractivity contribution >= 4 is 11.9 Å². The maximum Gasteiger partial charge on any atom is 0.302 e. The van der Waals surface area contributed by atoms with Gasteiger partial charge in [-0.25, -0.2) is 0 Å². The van der Waals surface area contributed by atoms with Gasteiger partial charge < -0.3 is 14.2 Å². The Morgan fingerprint density at radius 2 is 0.946 bits per heavy atom. The molecule has 0 saturated heterocycles. The molecule has 0 heterocycles. The maximum absolute atomic E-state index is 11.7. The first-order valence-electron chi connectivity index (χ1n) is 15.6. The van der Waals surface area contributed by atoms with Crippen molar-refractivity contribution in [2.24, 2.45) is 23.7 Å². The molecule has 0 aliphatic carbocycles. The van der Waals surface area contributed by atoms with Crippen LogP contribution in [0.25, 0.3) is 0 Å². The van der Waals surface area contributed by atoms with Gasteiger partial charge in [0.25, 0.3) is 0 Å². The van der Waals surface area contributed by atoms with E-state index in [9.17, 15) is 9.59 Å². The molecule has 6 atom stereocenters. The molecule has 0 radical (unpaired) electrons. The molecule has 0 fully saturated rings. The van der Waals surface area contributed by atoms with Gasteiger partial charge in [0.05, 0.1) is 0 Å². The van der Waals surface area contributed by atoms with E-state index in [4.69, 9.17) is 14.2 Å². The quantitative estimate of drug-likeness (QED) is 0.0928. The van der Waals surface area contributed by atoms with Crippen LogP contribution in [0.1, 0.15) is 145 Å². The van der Waals surface area contributed by atoms with Gasteiger partial charge in [-0.3, -0.25) is 9.59 Å². The summed E-state index contributed by atoms with van der Waals surface area (Å²) < 4.78 is 17.5. The van der Waals surface area contributed by atoms with Crippen molar-refractivity contribution < 1.29 is 23.8 Å². The molecule has 0 aliphatic rings. The Hall–Kier alpha value is -1.10. The predicted molar refractivity (Wildman–Crippen MR) is 155 cm³/mol. The second-order valence-corrected chi connectivity index (χ2v) is 11.3. The molecule has 0 aromatic carbocycles. The van der Waals surface area contributed by atoms with E-state index in [1.807, 2.05) is 0 Å². The van der Waals surface area contributed by atoms with E-state index < -0.39 is 0 Å². The summed E-state index contributed by atoms with van der Waals surface area (Å²) in [5.74, 6) is 1.35. The molecule has 5 nitrogen and oxygen atoms in total. The Bertz CT molecular complexity index is 515. The topological polar surface area (TPSA) is 61.8 Å². The number of rotatable bonds is 24. The van der Waals surface area contributed by atoms with E-state index in [2.05, 4.69) is 41.5 Å². The average Bonchev–Trinajstić information content (AvgIpc) is 2.86. The molecule has 220 valence electrons. The van der Waals surface area contributed by atoms with Gasteiger partial charge in [0.1, 0.15) is 12.2 Å². The largest absolute Gasteiger partial charge is 0.462 e. The highest BCUT2D eigenvalue weighted by atomic mass is 16.5. The van der Waals surface area contributed by atoms with Crippen molar-refractivity contribution in [2.45, 2.75) is 157 Å². The Balaban J connectivity index is 4.29. The highest BCUT2D eigenvalue weighted by Crippen LogP contribution is 2.29. The highest BCUT2D eigenvalue weighted by Gasteiger charge is 2.29. The van der Waals surface area contributed by atoms with E-state index in [0.717, 1.165) is 77.4 Å². The van der Waals surface area contributed by atoms with Gasteiger partial charge in [-0.05, 0) is 75.0 Å². The van der Waals surface area contributed by atoms with Gasteiger partial charge in [0, 0.05) is 27.1 Å². The Morgan fingerprint density at radius 3 is 1.24 bits per heavy atom. The first-order chi connectivity index (χ1) is 17.7. The summed E-state index contributed by atoms with van der Waals surface area (Å²) in [5.41, 5.74) is 0. The maximum atomic E-state index is 11.7. The number of carbonyl (C=O) groups excluding carboxylic acids is 2. The van der Waals surface area contributed by atoms with Gasteiger partial charge in [-0.15, -0.1) is 0 Å². The van der Waals surface area contributed by atoms with Crippen LogP contribution in [0.4, 0.5) is 0 Å². The molecule has 0 rings (SSSR count). The van der Waals surface area contributed by atoms with Crippen LogP contribution in [-0.4, -0.2) is 37.4 Å². The lowest BCUT2D eigenvalue weighted by Crippen LogP contribution is -2.32. The van der Waals surface area contributed by atoms with Crippen molar-refractivity contribution in [3.8, 4) is 0 Å². The van der Waals surface area contributed by atoms with Crippen LogP contribution in [0, 0.1) is 23.7 Å². The summed E-state index contributed by atoms with van der Waals surface area (Å²) in [5, 5.41) is 0. The van der Waals surface area contributed by atoms with Gasteiger partial charge >= 0.3 is 11.9 Å². The summed E-state index contributed by atoms with van der Waals surface area (Å²) in [4.78, 5) is 23.4. The lowest BCUT2D eigenvalue weighted by atomic mass is 9.84. The van der Waals surface area contributed by atoms with Crippen molar-refractivity contribution in [3.05, 3.63) is 0 Å². The standard InChI is InChI=1S/C32H62O5/c1-9-13-21-29(11-3)31(36-27(7)33)25(5)19-15-17-23-35-24-18-16-20-26(6)32(37-28(8)34)30(12-4)22-14-10-2/h25-26,29-32H,9-24H2,1-8H3. The zero-order valence-electron chi connectivity index (χ0n) is 25.8. The van der Waals surface area contributed by atoms with Crippen LogP contribution >= 0.6 is 0 Å². The Kier molecular flexibility index (Phi) is 22.2. The van der Waals surface area contributed by atoms with E-state index in [0.29, 0.717) is 23.7 Å². The summed E-state index contributed by atoms with van der Waals surface area (Å²) in [6.07, 6.45) is 15.6. The Morgan fingerprint density at radius 1 is 0.568 bits per heavy atom. The monoisotopic (exact) mass is 526 g/mol. The lowest BCUT2D eigenvalue weighted by molar-refractivity contribution is -0.153. The van der Waals surface area contributed by atoms with E-state index in [1.54, 1.807) is 0 Å². The fourth-order valence-corrected chi connectivity index (χ4v) is 5.64. The van der Waals surface area contributed by atoms with Gasteiger partial charge in [-0.2, -0.15) is 0 Å². The van der Waals surface area contributed by atoms with E-state index in [1.165, 1.54) is 39.5 Å². The summed E-state index contributed by atoms with van der Waals surface area (Å²) >= 11 is 0. The minimum absolute atomic E-state index is 0.0297. The molecule has 0 amide bonds. The summed E-state index contributed by atoms with van der Waals surface area (Å²) in [7, 11) is 0. The van der Waals surface area contributed by atoms with Crippen LogP contribution in [0.2, 0.25) is 0 Å². The third-order valence-corrected chi connectivity index (χ3v) is 7.96. The molecule has 0 aliphatic heterocycles. The number of unbranched alkanes of at least 4 members (excludes halogenated alkanes) is 4. The number of hydrogen-bond acceptors (Lipinski definition) is 5. The fraction of sp³-hybridized carbons (Fsp3) is 0.938. The third-order valence-electron chi connectivity index (χ3n) is 7.96. The predicted octanol–water partition coefficient (Wildman–Crippen LogP) is 8.91. The molecule has 0 aromatic heterocycles. The number of hydrogen-bond donors (Lipinski definition) is 0. The SMILES string of the molecule is CCCCC(CC)C(OC(C)=O)C(C)CCCCOCCCCC(C)C(OC(C)=O)C(CC)CCCC. The normalized spacial score (nSPS) is 16.4. The second-order valence-electron chi connectivity index (χ2n) is 11.3. The first kappa shape index (κ1) is 35.9. The highest BCUT2D eigenvalue weighted by molar-refractivity contribution is 5.66. The van der Waals surface area contributed by atoms with Crippen LogP contribution in [-0.2, 0) is 23.8 Å². The molecule has 0 spiro atoms. The minimum atomic E-state index is -0.158. The van der Waals surface area contributed by atoms with E-state index in [-0.39, 0.29) is 24.1 Å². The van der Waals surface area contributed by atoms with Crippen molar-refractivity contribution in [1.82, 2.24) is 0 Å². The molecular weight excluding hydrogens is 464 g/mol. The van der Waals surface area contributed by atoms with Gasteiger partial charge in [0.15, 0.2) is 0 Å². The lowest BCUT2D eigenvalue weighted by Gasteiger charge is -2.31. The van der Waals surface area contributed by atoms with E-state index >= 15 is 0 Å². The zero-order valence-corrected chi connectivity index (χ0v) is 25.8. The van der Waals surface area contributed by atoms with Gasteiger partial charge in [-0.1, -0.05) is 80.1 Å². The molecule has 5 heteroatoms. The van der Waals surface area contributed by atoms with Crippen LogP contribution in [0.5, 0.6) is 0 Å². The zero-order chi connectivity index (χ0) is 28.1. The fourth-order valence-electron chi connectivity index (χ4n) is 5.64. The Labute approximate surface area is 230 Å². The van der Waals surface area contributed by atoms with Gasteiger partial charge in [0.2, 0.25) is 0 Å². The van der Waals surface area contributed by atoms with Crippen LogP contribution in [0.15, 0.2) is 0 Å². The number of ether oxygens (including phenoxy) is 3. The number of esters is 2. The van der Waals surface area contributed by atoms with Crippen molar-refractivity contribution in [1.29, 1.82) is 0 Å². The second kappa shape index (κ2) is 22.8. The molecule has 0 bridgehead atoms. The molecule has 6 unspecified atom stereocenters. The number of carbonyl (C=O) groups is 2. The molecular formula is C32H62O5. The average molecular weight is 527 g/mol. The van der Waals surface area contributed by atoms with Crippen LogP contribution < -0.4 is 0 Å². The third kappa shape index (κ3) is 17.2. The minimum Gasteiger partial charge on any atom is -0.462 e. The molecule has 0 saturated carbocycles. The molecule has 37 heavy (non-hydrogen) atoms. The summed E-state index contributed by atoms with van der Waals surface area (Å²) in [6.45, 7) is 18.0. The van der Waals surface area contributed by atoms with Crippen LogP contribution in [0.3, 0.4) is 0 Å². The van der Waals surface area contributed by atoms with Crippen molar-refractivity contribution in [2.75, 3.05) is 13.2 Å². The first-order valence-corrected chi connectivity index (χ1v) is 15.6. The molecule has 0 N–H and O–H groups in total. The van der Waals surface area contributed by atoms with Crippen molar-refractivity contribution in [3.63, 3.8) is 0 Å².